The molecule has 0 spiro atoms. The third-order valence-electron chi connectivity index (χ3n) is 7.02. The van der Waals surface area contributed by atoms with Gasteiger partial charge >= 0.3 is 5.97 Å². The maximum absolute atomic E-state index is 12.6. The highest BCUT2D eigenvalue weighted by atomic mass is 16.7. The summed E-state index contributed by atoms with van der Waals surface area (Å²) in [6, 6.07) is 7.99. The van der Waals surface area contributed by atoms with Crippen molar-refractivity contribution in [2.75, 3.05) is 26.4 Å². The standard InChI is InChI=1S/C28H34O15/c29-12-28(38)13-41-27(25(28)37)40-11-20-24(43-21(34)6-3-14-1-4-16(30)18(32)9-14)22(35)23(36)26(42-20)39-8-7-15-2-5-17(31)19(33)10-15/h1-6,9-10,20,22-27,29-33,35-38H,7-8,11-13H2/t20-,22-,23-,24-,25+,26-,27-,28-/m1/s1. The molecule has 2 aliphatic heterocycles. The summed E-state index contributed by atoms with van der Waals surface area (Å²) in [4.78, 5) is 12.6. The molecule has 0 saturated carbocycles. The van der Waals surface area contributed by atoms with Crippen molar-refractivity contribution in [1.82, 2.24) is 0 Å². The van der Waals surface area contributed by atoms with Crippen LogP contribution in [-0.4, -0.2) is 127 Å². The van der Waals surface area contributed by atoms with Crippen LogP contribution in [0.5, 0.6) is 23.0 Å². The van der Waals surface area contributed by atoms with E-state index in [4.69, 9.17) is 23.7 Å². The van der Waals surface area contributed by atoms with Gasteiger partial charge in [0.05, 0.1) is 26.4 Å². The first kappa shape index (κ1) is 32.4. The number of hydrogen-bond donors (Lipinski definition) is 9. The number of phenolic OH excluding ortho intramolecular Hbond substituents is 4. The number of aromatic hydroxyl groups is 4. The van der Waals surface area contributed by atoms with Crippen LogP contribution in [-0.2, 0) is 34.9 Å². The van der Waals surface area contributed by atoms with Crippen LogP contribution < -0.4 is 0 Å². The van der Waals surface area contributed by atoms with E-state index >= 15 is 0 Å². The van der Waals surface area contributed by atoms with Crippen molar-refractivity contribution in [2.45, 2.75) is 55.1 Å². The highest BCUT2D eigenvalue weighted by Crippen LogP contribution is 2.30. The maximum Gasteiger partial charge on any atom is 0.331 e. The van der Waals surface area contributed by atoms with E-state index in [1.807, 2.05) is 0 Å². The molecule has 0 bridgehead atoms. The molecule has 9 N–H and O–H groups in total. The predicted octanol–water partition coefficient (Wildman–Crippen LogP) is -1.40. The van der Waals surface area contributed by atoms with Crippen molar-refractivity contribution in [2.24, 2.45) is 0 Å². The van der Waals surface area contributed by atoms with Gasteiger partial charge in [-0.3, -0.25) is 0 Å². The first-order chi connectivity index (χ1) is 20.4. The van der Waals surface area contributed by atoms with Crippen LogP contribution >= 0.6 is 0 Å². The smallest absolute Gasteiger partial charge is 0.331 e. The lowest BCUT2D eigenvalue weighted by molar-refractivity contribution is -0.310. The Bertz CT molecular complexity index is 1280. The lowest BCUT2D eigenvalue weighted by Crippen LogP contribution is -2.61. The SMILES string of the molecule is O=C(C=Cc1ccc(O)c(O)c1)O[C@H]1[C@H](O)[C@@H](O)[C@H](OCCc2ccc(O)c(O)c2)O[C@@H]1CO[C@@H]1OC[C@](O)(CO)[C@H]1O. The zero-order valence-electron chi connectivity index (χ0n) is 22.7. The summed E-state index contributed by atoms with van der Waals surface area (Å²) in [6.07, 6.45) is -8.30. The zero-order chi connectivity index (χ0) is 31.3. The molecule has 43 heavy (non-hydrogen) atoms. The van der Waals surface area contributed by atoms with Gasteiger partial charge < -0.3 is 69.6 Å². The molecule has 2 aliphatic rings. The van der Waals surface area contributed by atoms with Gasteiger partial charge in [-0.15, -0.1) is 0 Å². The Morgan fingerprint density at radius 2 is 1.63 bits per heavy atom. The third kappa shape index (κ3) is 7.72. The van der Waals surface area contributed by atoms with Gasteiger partial charge in [0.25, 0.3) is 0 Å². The highest BCUT2D eigenvalue weighted by molar-refractivity contribution is 5.87. The topological polar surface area (TPSA) is 245 Å². The fourth-order valence-electron chi connectivity index (χ4n) is 4.45. The second kappa shape index (κ2) is 13.9. The van der Waals surface area contributed by atoms with Crippen LogP contribution in [0.15, 0.2) is 42.5 Å². The lowest BCUT2D eigenvalue weighted by Gasteiger charge is -2.42. The number of ether oxygens (including phenoxy) is 5. The van der Waals surface area contributed by atoms with E-state index in [9.17, 15) is 50.8 Å². The van der Waals surface area contributed by atoms with E-state index in [1.165, 1.54) is 36.4 Å². The van der Waals surface area contributed by atoms with E-state index in [0.29, 0.717) is 11.1 Å². The minimum absolute atomic E-state index is 0.0626. The summed E-state index contributed by atoms with van der Waals surface area (Å²) < 4.78 is 27.5. The number of phenols is 4. The van der Waals surface area contributed by atoms with E-state index in [-0.39, 0.29) is 30.3 Å². The van der Waals surface area contributed by atoms with Crippen LogP contribution in [0.4, 0.5) is 0 Å². The van der Waals surface area contributed by atoms with Gasteiger partial charge in [-0.1, -0.05) is 12.1 Å². The minimum Gasteiger partial charge on any atom is -0.504 e. The molecule has 2 fully saturated rings. The quantitative estimate of drug-likeness (QED) is 0.0806. The number of rotatable bonds is 11. The van der Waals surface area contributed by atoms with Crippen molar-refractivity contribution in [3.8, 4) is 23.0 Å². The van der Waals surface area contributed by atoms with Crippen LogP contribution in [0.3, 0.4) is 0 Å². The Balaban J connectivity index is 1.44. The van der Waals surface area contributed by atoms with E-state index in [2.05, 4.69) is 0 Å². The fraction of sp³-hybridized carbons (Fsp3) is 0.464. The van der Waals surface area contributed by atoms with Gasteiger partial charge in [0.15, 0.2) is 41.7 Å². The summed E-state index contributed by atoms with van der Waals surface area (Å²) in [5.74, 6) is -2.37. The van der Waals surface area contributed by atoms with E-state index in [0.717, 1.165) is 6.08 Å². The number of esters is 1. The Labute approximate surface area is 245 Å². The summed E-state index contributed by atoms with van der Waals surface area (Å²) in [6.45, 7) is -1.80. The van der Waals surface area contributed by atoms with Gasteiger partial charge in [-0.25, -0.2) is 4.79 Å². The van der Waals surface area contributed by atoms with Crippen LogP contribution in [0.1, 0.15) is 11.1 Å². The van der Waals surface area contributed by atoms with Crippen LogP contribution in [0.25, 0.3) is 6.08 Å². The molecule has 2 aromatic carbocycles. The molecule has 0 radical (unpaired) electrons. The third-order valence-corrected chi connectivity index (χ3v) is 7.02. The molecule has 2 saturated heterocycles. The van der Waals surface area contributed by atoms with E-state index in [1.54, 1.807) is 6.07 Å². The molecule has 15 heteroatoms. The zero-order valence-corrected chi connectivity index (χ0v) is 22.7. The molecule has 8 atom stereocenters. The van der Waals surface area contributed by atoms with Crippen LogP contribution in [0, 0.1) is 0 Å². The lowest BCUT2D eigenvalue weighted by atomic mass is 9.98. The van der Waals surface area contributed by atoms with Crippen LogP contribution in [0.2, 0.25) is 0 Å². The molecule has 0 amide bonds. The molecule has 2 aromatic rings. The molecule has 2 heterocycles. The monoisotopic (exact) mass is 610 g/mol. The highest BCUT2D eigenvalue weighted by Gasteiger charge is 2.51. The molecule has 236 valence electrons. The normalized spacial score (nSPS) is 31.0. The fourth-order valence-corrected chi connectivity index (χ4v) is 4.45. The van der Waals surface area contributed by atoms with Crippen molar-refractivity contribution in [3.63, 3.8) is 0 Å². The number of carbonyl (C=O) groups is 1. The second-order valence-corrected chi connectivity index (χ2v) is 10.2. The molecular weight excluding hydrogens is 576 g/mol. The van der Waals surface area contributed by atoms with Crippen molar-refractivity contribution in [1.29, 1.82) is 0 Å². The largest absolute Gasteiger partial charge is 0.504 e. The van der Waals surface area contributed by atoms with Gasteiger partial charge in [0.2, 0.25) is 0 Å². The van der Waals surface area contributed by atoms with Gasteiger partial charge in [0.1, 0.15) is 30.0 Å². The van der Waals surface area contributed by atoms with Gasteiger partial charge in [-0.05, 0) is 47.9 Å². The molecule has 0 aromatic heterocycles. The van der Waals surface area contributed by atoms with Crippen molar-refractivity contribution >= 4 is 12.0 Å². The predicted molar refractivity (Wildman–Crippen MR) is 143 cm³/mol. The average molecular weight is 611 g/mol. The summed E-state index contributed by atoms with van der Waals surface area (Å²) in [5, 5.41) is 89.7. The first-order valence-corrected chi connectivity index (χ1v) is 13.2. The van der Waals surface area contributed by atoms with Gasteiger partial charge in [-0.2, -0.15) is 0 Å². The average Bonchev–Trinajstić information content (AvgIpc) is 3.27. The molecule has 15 nitrogen and oxygen atoms in total. The van der Waals surface area contributed by atoms with Crippen molar-refractivity contribution in [3.05, 3.63) is 53.6 Å². The Kier molecular flexibility index (Phi) is 10.4. The summed E-state index contributed by atoms with van der Waals surface area (Å²) >= 11 is 0. The first-order valence-electron chi connectivity index (χ1n) is 13.2. The molecular formula is C28H34O15. The molecule has 4 rings (SSSR count). The number of hydrogen-bond acceptors (Lipinski definition) is 15. The van der Waals surface area contributed by atoms with Gasteiger partial charge in [0, 0.05) is 6.08 Å². The maximum atomic E-state index is 12.6. The Morgan fingerprint density at radius 1 is 0.930 bits per heavy atom. The summed E-state index contributed by atoms with van der Waals surface area (Å²) in [5.41, 5.74) is -1.04. The van der Waals surface area contributed by atoms with E-state index < -0.39 is 80.2 Å². The number of carbonyl (C=O) groups excluding carboxylic acids is 1. The molecule has 0 aliphatic carbocycles. The second-order valence-electron chi connectivity index (χ2n) is 10.2. The number of aliphatic hydroxyl groups excluding tert-OH is 4. The molecule has 0 unspecified atom stereocenters. The van der Waals surface area contributed by atoms with Crippen molar-refractivity contribution < 1.29 is 74.4 Å². The minimum atomic E-state index is -1.97. The Hall–Kier alpha value is -3.51. The number of benzene rings is 2. The number of aliphatic hydroxyl groups is 5. The Morgan fingerprint density at radius 3 is 2.28 bits per heavy atom. The summed E-state index contributed by atoms with van der Waals surface area (Å²) in [7, 11) is 0.